The molecule has 0 aromatic rings. The van der Waals surface area contributed by atoms with Crippen LogP contribution in [-0.2, 0) is 0 Å². The van der Waals surface area contributed by atoms with Gasteiger partial charge in [-0.25, -0.2) is 0 Å². The lowest BCUT2D eigenvalue weighted by molar-refractivity contribution is 0.132. The molecule has 0 heterocycles. The third kappa shape index (κ3) is 8.00. The Morgan fingerprint density at radius 1 is 0.333 bits per heavy atom. The van der Waals surface area contributed by atoms with Crippen LogP contribution in [0.1, 0.15) is 162 Å². The molecule has 0 N–H and O–H groups in total. The highest BCUT2D eigenvalue weighted by Gasteiger charge is 2.32. The Morgan fingerprint density at radius 2 is 0.576 bits per heavy atom. The lowest BCUT2D eigenvalue weighted by Gasteiger charge is -2.38. The van der Waals surface area contributed by atoms with E-state index in [1.807, 2.05) is 0 Å². The van der Waals surface area contributed by atoms with Gasteiger partial charge in [-0.3, -0.25) is 0 Å². The van der Waals surface area contributed by atoms with Gasteiger partial charge in [0.1, 0.15) is 0 Å². The Hall–Kier alpha value is 0. The van der Waals surface area contributed by atoms with Gasteiger partial charge in [0.15, 0.2) is 0 Å². The van der Waals surface area contributed by atoms with E-state index in [9.17, 15) is 0 Å². The van der Waals surface area contributed by atoms with Crippen LogP contribution in [0.2, 0.25) is 0 Å². The minimum atomic E-state index is 1.08. The van der Waals surface area contributed by atoms with Crippen molar-refractivity contribution in [1.82, 2.24) is 0 Å². The second kappa shape index (κ2) is 13.9. The van der Waals surface area contributed by atoms with Crippen molar-refractivity contribution in [2.45, 2.75) is 162 Å². The van der Waals surface area contributed by atoms with Gasteiger partial charge in [0.2, 0.25) is 0 Å². The van der Waals surface area contributed by atoms with Crippen molar-refractivity contribution in [3.8, 4) is 0 Å². The molecule has 0 spiro atoms. The molecule has 4 rings (SSSR count). The summed E-state index contributed by atoms with van der Waals surface area (Å²) in [6.45, 7) is 4.75. The Bertz CT molecular complexity index is 444. The first-order valence-corrected chi connectivity index (χ1v) is 16.2. The van der Waals surface area contributed by atoms with Gasteiger partial charge in [-0.15, -0.1) is 0 Å². The summed E-state index contributed by atoms with van der Waals surface area (Å²) in [5.41, 5.74) is 0. The molecular weight excluding hydrogens is 396 g/mol. The summed E-state index contributed by atoms with van der Waals surface area (Å²) >= 11 is 0. The molecule has 0 unspecified atom stereocenters. The van der Waals surface area contributed by atoms with Gasteiger partial charge in [-0.2, -0.15) is 0 Å². The zero-order chi connectivity index (χ0) is 22.9. The second-order valence-electron chi connectivity index (χ2n) is 13.6. The first-order chi connectivity index (χ1) is 16.2. The largest absolute Gasteiger partial charge is 0.0654 e. The van der Waals surface area contributed by atoms with Crippen LogP contribution in [0.25, 0.3) is 0 Å². The highest BCUT2D eigenvalue weighted by atomic mass is 14.4. The highest BCUT2D eigenvalue weighted by molar-refractivity contribution is 4.84. The monoisotopic (exact) mass is 456 g/mol. The summed E-state index contributed by atoms with van der Waals surface area (Å²) in [4.78, 5) is 0. The molecule has 33 heavy (non-hydrogen) atoms. The number of hydrogen-bond acceptors (Lipinski definition) is 0. The predicted octanol–water partition coefficient (Wildman–Crippen LogP) is 11.0. The Morgan fingerprint density at radius 3 is 0.818 bits per heavy atom. The maximum Gasteiger partial charge on any atom is -0.0386 e. The summed E-state index contributed by atoms with van der Waals surface area (Å²) < 4.78 is 0. The van der Waals surface area contributed by atoms with Crippen molar-refractivity contribution >= 4 is 0 Å². The molecule has 0 heteroatoms. The predicted molar refractivity (Wildman–Crippen MR) is 145 cm³/mol. The van der Waals surface area contributed by atoms with Crippen LogP contribution in [0, 0.1) is 47.3 Å². The average Bonchev–Trinajstić information content (AvgIpc) is 2.86. The zero-order valence-corrected chi connectivity index (χ0v) is 22.9. The van der Waals surface area contributed by atoms with Crippen LogP contribution in [0.5, 0.6) is 0 Å². The molecule has 4 fully saturated rings. The smallest absolute Gasteiger partial charge is 0.0386 e. The van der Waals surface area contributed by atoms with E-state index in [1.54, 1.807) is 122 Å². The third-order valence-electron chi connectivity index (χ3n) is 11.5. The van der Waals surface area contributed by atoms with Crippen LogP contribution in [0.4, 0.5) is 0 Å². The van der Waals surface area contributed by atoms with Gasteiger partial charge in [0.05, 0.1) is 0 Å². The van der Waals surface area contributed by atoms with Crippen molar-refractivity contribution in [1.29, 1.82) is 0 Å². The normalized spacial score (nSPS) is 40.5. The molecule has 0 bridgehead atoms. The van der Waals surface area contributed by atoms with Crippen molar-refractivity contribution in [2.75, 3.05) is 0 Å². The van der Waals surface area contributed by atoms with Crippen LogP contribution in [0.3, 0.4) is 0 Å². The first kappa shape index (κ1) is 26.1. The van der Waals surface area contributed by atoms with E-state index < -0.39 is 0 Å². The second-order valence-corrected chi connectivity index (χ2v) is 13.6. The van der Waals surface area contributed by atoms with Crippen molar-refractivity contribution in [3.05, 3.63) is 0 Å². The Balaban J connectivity index is 1.04. The minimum Gasteiger partial charge on any atom is -0.0654 e. The van der Waals surface area contributed by atoms with E-state index in [2.05, 4.69) is 13.8 Å². The van der Waals surface area contributed by atoms with E-state index in [0.29, 0.717) is 0 Å². The van der Waals surface area contributed by atoms with Gasteiger partial charge in [-0.1, -0.05) is 110 Å². The van der Waals surface area contributed by atoms with Crippen LogP contribution in [0.15, 0.2) is 0 Å². The van der Waals surface area contributed by atoms with Crippen LogP contribution >= 0.6 is 0 Å². The van der Waals surface area contributed by atoms with Crippen molar-refractivity contribution in [3.63, 3.8) is 0 Å². The van der Waals surface area contributed by atoms with E-state index in [0.717, 1.165) is 47.3 Å². The van der Waals surface area contributed by atoms with E-state index >= 15 is 0 Å². The van der Waals surface area contributed by atoms with E-state index in [4.69, 9.17) is 0 Å². The quantitative estimate of drug-likeness (QED) is 0.306. The molecule has 0 aromatic heterocycles. The highest BCUT2D eigenvalue weighted by Crippen LogP contribution is 2.45. The van der Waals surface area contributed by atoms with E-state index in [1.165, 1.54) is 25.7 Å². The molecule has 0 saturated heterocycles. The van der Waals surface area contributed by atoms with Crippen molar-refractivity contribution in [2.24, 2.45) is 47.3 Å². The molecule has 4 aliphatic carbocycles. The van der Waals surface area contributed by atoms with Gasteiger partial charge in [0.25, 0.3) is 0 Å². The summed E-state index contributed by atoms with van der Waals surface area (Å²) in [6, 6.07) is 0. The average molecular weight is 457 g/mol. The van der Waals surface area contributed by atoms with E-state index in [-0.39, 0.29) is 0 Å². The van der Waals surface area contributed by atoms with Crippen LogP contribution in [-0.4, -0.2) is 0 Å². The van der Waals surface area contributed by atoms with Gasteiger partial charge in [-0.05, 0) is 98.7 Å². The molecular formula is C33H60. The Labute approximate surface area is 208 Å². The summed E-state index contributed by atoms with van der Waals surface area (Å²) in [6.07, 6.45) is 35.6. The topological polar surface area (TPSA) is 0 Å². The molecule has 0 amide bonds. The zero-order valence-electron chi connectivity index (χ0n) is 22.9. The molecule has 0 aliphatic heterocycles. The summed E-state index contributed by atoms with van der Waals surface area (Å²) in [7, 11) is 0. The molecule has 0 nitrogen and oxygen atoms in total. The molecule has 0 atom stereocenters. The maximum atomic E-state index is 2.37. The van der Waals surface area contributed by atoms with Gasteiger partial charge >= 0.3 is 0 Å². The SMILES string of the molecule is CCCC1CCC(C2CCC(CCCC3CCC(C4CCC(CCC)CC4)CC3)CC2)CC1. The van der Waals surface area contributed by atoms with Crippen molar-refractivity contribution < 1.29 is 0 Å². The standard InChI is InChI=1S/C33H60/c1-3-6-26-10-18-30(19-11-26)32-22-14-28(15-23-32)8-5-9-29-16-24-33(25-17-29)31-20-12-27(7-4-2)13-21-31/h26-33H,3-25H2,1-2H3. The lowest BCUT2D eigenvalue weighted by atomic mass is 9.67. The minimum absolute atomic E-state index is 1.08. The van der Waals surface area contributed by atoms with Gasteiger partial charge in [0, 0.05) is 0 Å². The van der Waals surface area contributed by atoms with Crippen LogP contribution < -0.4 is 0 Å². The lowest BCUT2D eigenvalue weighted by Crippen LogP contribution is -2.26. The Kier molecular flexibility index (Phi) is 11.0. The fourth-order valence-corrected chi connectivity index (χ4v) is 9.30. The molecule has 0 aromatic carbocycles. The fourth-order valence-electron chi connectivity index (χ4n) is 9.30. The fraction of sp³-hybridized carbons (Fsp3) is 1.00. The summed E-state index contributed by atoms with van der Waals surface area (Å²) in [5, 5.41) is 0. The number of hydrogen-bond donors (Lipinski definition) is 0. The molecule has 192 valence electrons. The summed E-state index contributed by atoms with van der Waals surface area (Å²) in [5.74, 6) is 8.77. The molecule has 4 saturated carbocycles. The molecule has 4 aliphatic rings. The third-order valence-corrected chi connectivity index (χ3v) is 11.5. The molecule has 0 radical (unpaired) electrons. The first-order valence-electron chi connectivity index (χ1n) is 16.2. The maximum absolute atomic E-state index is 2.37. The number of rotatable bonds is 10. The van der Waals surface area contributed by atoms with Gasteiger partial charge < -0.3 is 0 Å².